The Kier molecular flexibility index (Phi) is 5.16. The molecule has 2 aromatic carbocycles. The number of aromatic nitrogens is 2. The number of aryl methyl sites for hydroxylation is 2. The van der Waals surface area contributed by atoms with Crippen molar-refractivity contribution in [1.29, 1.82) is 0 Å². The van der Waals surface area contributed by atoms with Gasteiger partial charge in [-0.2, -0.15) is 5.10 Å². The number of ether oxygens (including phenoxy) is 1. The van der Waals surface area contributed by atoms with Crippen LogP contribution in [0.2, 0.25) is 0 Å². The second kappa shape index (κ2) is 7.69. The molecule has 3 rings (SSSR count). The third kappa shape index (κ3) is 4.49. The minimum absolute atomic E-state index is 0.0141. The quantitative estimate of drug-likeness (QED) is 0.532. The molecule has 0 aliphatic rings. The number of nitrogens with zero attached hydrogens (tertiary/aromatic N) is 3. The molecule has 0 radical (unpaired) electrons. The molecule has 0 aliphatic heterocycles. The van der Waals surface area contributed by atoms with Crippen LogP contribution in [-0.2, 0) is 4.79 Å². The highest BCUT2D eigenvalue weighted by molar-refractivity contribution is 5.91. The first-order valence-electron chi connectivity index (χ1n) is 8.23. The summed E-state index contributed by atoms with van der Waals surface area (Å²) >= 11 is 0. The van der Waals surface area contributed by atoms with Gasteiger partial charge in [0.25, 0.3) is 11.6 Å². The van der Waals surface area contributed by atoms with E-state index in [1.165, 1.54) is 16.8 Å². The number of anilines is 1. The van der Waals surface area contributed by atoms with Crippen molar-refractivity contribution in [3.05, 3.63) is 76.0 Å². The molecule has 8 nitrogen and oxygen atoms in total. The highest BCUT2D eigenvalue weighted by Crippen LogP contribution is 2.20. The largest absolute Gasteiger partial charge is 0.484 e. The van der Waals surface area contributed by atoms with Gasteiger partial charge in [-0.25, -0.2) is 4.68 Å². The SMILES string of the molecule is Cc1cccc(OCC(=O)Nc2cc(C)nn2-c2ccc([N+](=O)[O-])cc2)c1. The van der Waals surface area contributed by atoms with E-state index in [9.17, 15) is 14.9 Å². The van der Waals surface area contributed by atoms with E-state index < -0.39 is 4.92 Å². The van der Waals surface area contributed by atoms with Crippen LogP contribution in [0.3, 0.4) is 0 Å². The van der Waals surface area contributed by atoms with Crippen molar-refractivity contribution in [2.45, 2.75) is 13.8 Å². The first-order valence-corrected chi connectivity index (χ1v) is 8.23. The number of hydrogen-bond donors (Lipinski definition) is 1. The van der Waals surface area contributed by atoms with Crippen molar-refractivity contribution in [2.24, 2.45) is 0 Å². The van der Waals surface area contributed by atoms with Gasteiger partial charge < -0.3 is 10.1 Å². The van der Waals surface area contributed by atoms with Gasteiger partial charge in [0.15, 0.2) is 6.61 Å². The number of rotatable bonds is 6. The number of nitro benzene ring substituents is 1. The van der Waals surface area contributed by atoms with Crippen molar-refractivity contribution < 1.29 is 14.5 Å². The van der Waals surface area contributed by atoms with Gasteiger partial charge in [0.05, 0.1) is 16.3 Å². The first-order chi connectivity index (χ1) is 12.9. The van der Waals surface area contributed by atoms with E-state index in [1.807, 2.05) is 25.1 Å². The average molecular weight is 366 g/mol. The smallest absolute Gasteiger partial charge is 0.269 e. The number of benzene rings is 2. The van der Waals surface area contributed by atoms with Crippen molar-refractivity contribution in [1.82, 2.24) is 9.78 Å². The Morgan fingerprint density at radius 2 is 1.93 bits per heavy atom. The maximum atomic E-state index is 12.2. The van der Waals surface area contributed by atoms with Gasteiger partial charge in [-0.05, 0) is 43.7 Å². The summed E-state index contributed by atoms with van der Waals surface area (Å²) in [6.45, 7) is 3.59. The minimum Gasteiger partial charge on any atom is -0.484 e. The number of nitrogens with one attached hydrogen (secondary N) is 1. The van der Waals surface area contributed by atoms with Crippen LogP contribution in [0.4, 0.5) is 11.5 Å². The zero-order valence-corrected chi connectivity index (χ0v) is 14.9. The first kappa shape index (κ1) is 18.1. The molecule has 0 fully saturated rings. The van der Waals surface area contributed by atoms with Crippen molar-refractivity contribution in [2.75, 3.05) is 11.9 Å². The number of amides is 1. The second-order valence-corrected chi connectivity index (χ2v) is 6.01. The zero-order valence-electron chi connectivity index (χ0n) is 14.9. The Bertz CT molecular complexity index is 980. The maximum Gasteiger partial charge on any atom is 0.269 e. The average Bonchev–Trinajstić information content (AvgIpc) is 3.00. The van der Waals surface area contributed by atoms with Crippen LogP contribution in [-0.4, -0.2) is 27.2 Å². The van der Waals surface area contributed by atoms with E-state index in [4.69, 9.17) is 4.74 Å². The highest BCUT2D eigenvalue weighted by atomic mass is 16.6. The Balaban J connectivity index is 1.71. The van der Waals surface area contributed by atoms with Crippen LogP contribution < -0.4 is 10.1 Å². The lowest BCUT2D eigenvalue weighted by atomic mass is 10.2. The Morgan fingerprint density at radius 3 is 2.59 bits per heavy atom. The summed E-state index contributed by atoms with van der Waals surface area (Å²) in [5.74, 6) is 0.740. The molecule has 0 atom stereocenters. The van der Waals surface area contributed by atoms with Crippen molar-refractivity contribution >= 4 is 17.4 Å². The van der Waals surface area contributed by atoms with Crippen LogP contribution in [0.25, 0.3) is 5.69 Å². The van der Waals surface area contributed by atoms with Crippen LogP contribution in [0, 0.1) is 24.0 Å². The summed E-state index contributed by atoms with van der Waals surface area (Å²) in [5, 5.41) is 17.9. The number of non-ortho nitro benzene ring substituents is 1. The van der Waals surface area contributed by atoms with Gasteiger partial charge in [0, 0.05) is 18.2 Å². The molecule has 1 N–H and O–H groups in total. The van der Waals surface area contributed by atoms with E-state index in [-0.39, 0.29) is 18.2 Å². The Labute approximate surface area is 155 Å². The normalized spacial score (nSPS) is 10.4. The lowest BCUT2D eigenvalue weighted by Gasteiger charge is -2.10. The van der Waals surface area contributed by atoms with E-state index >= 15 is 0 Å². The number of hydrogen-bond acceptors (Lipinski definition) is 5. The number of nitro groups is 1. The summed E-state index contributed by atoms with van der Waals surface area (Å²) in [7, 11) is 0. The fraction of sp³-hybridized carbons (Fsp3) is 0.158. The van der Waals surface area contributed by atoms with Gasteiger partial charge in [-0.3, -0.25) is 14.9 Å². The van der Waals surface area contributed by atoms with Gasteiger partial charge >= 0.3 is 0 Å². The fourth-order valence-electron chi connectivity index (χ4n) is 2.53. The summed E-state index contributed by atoms with van der Waals surface area (Å²) in [5.41, 5.74) is 2.33. The molecule has 0 saturated heterocycles. The van der Waals surface area contributed by atoms with Gasteiger partial charge in [0.1, 0.15) is 11.6 Å². The molecule has 27 heavy (non-hydrogen) atoms. The van der Waals surface area contributed by atoms with Crippen LogP contribution >= 0.6 is 0 Å². The molecule has 0 bridgehead atoms. The molecule has 8 heteroatoms. The topological polar surface area (TPSA) is 99.3 Å². The summed E-state index contributed by atoms with van der Waals surface area (Å²) in [4.78, 5) is 22.6. The van der Waals surface area contributed by atoms with Gasteiger partial charge in [0.2, 0.25) is 0 Å². The Morgan fingerprint density at radius 1 is 1.19 bits per heavy atom. The summed E-state index contributed by atoms with van der Waals surface area (Å²) in [6, 6.07) is 15.1. The van der Waals surface area contributed by atoms with E-state index in [1.54, 1.807) is 31.2 Å². The van der Waals surface area contributed by atoms with Crippen LogP contribution in [0.15, 0.2) is 54.6 Å². The molecular formula is C19H18N4O4. The van der Waals surface area contributed by atoms with Crippen molar-refractivity contribution in [3.8, 4) is 11.4 Å². The molecule has 0 aliphatic carbocycles. The van der Waals surface area contributed by atoms with Gasteiger partial charge in [-0.15, -0.1) is 0 Å². The van der Waals surface area contributed by atoms with E-state index in [0.717, 1.165) is 5.56 Å². The third-order valence-electron chi connectivity index (χ3n) is 3.76. The lowest BCUT2D eigenvalue weighted by Crippen LogP contribution is -2.21. The van der Waals surface area contributed by atoms with E-state index in [0.29, 0.717) is 22.9 Å². The van der Waals surface area contributed by atoms with Crippen molar-refractivity contribution in [3.63, 3.8) is 0 Å². The predicted octanol–water partition coefficient (Wildman–Crippen LogP) is 3.41. The maximum absolute atomic E-state index is 12.2. The Hall–Kier alpha value is -3.68. The number of carbonyl (C=O) groups is 1. The standard InChI is InChI=1S/C19H18N4O4/c1-13-4-3-5-17(10-13)27-12-19(24)20-18-11-14(2)21-22(18)15-6-8-16(9-7-15)23(25)26/h3-11H,12H2,1-2H3,(H,20,24). The molecule has 1 aromatic heterocycles. The molecule has 1 amide bonds. The molecule has 1 heterocycles. The second-order valence-electron chi connectivity index (χ2n) is 6.01. The molecule has 138 valence electrons. The number of carbonyl (C=O) groups excluding carboxylic acids is 1. The summed E-state index contributed by atoms with van der Waals surface area (Å²) < 4.78 is 7.02. The molecule has 0 saturated carbocycles. The third-order valence-corrected chi connectivity index (χ3v) is 3.76. The molecule has 0 spiro atoms. The van der Waals surface area contributed by atoms with E-state index in [2.05, 4.69) is 10.4 Å². The minimum atomic E-state index is -0.469. The molecule has 0 unspecified atom stereocenters. The fourth-order valence-corrected chi connectivity index (χ4v) is 2.53. The zero-order chi connectivity index (χ0) is 19.4. The van der Waals surface area contributed by atoms with Gasteiger partial charge in [-0.1, -0.05) is 12.1 Å². The molecule has 3 aromatic rings. The lowest BCUT2D eigenvalue weighted by molar-refractivity contribution is -0.384. The predicted molar refractivity (Wildman–Crippen MR) is 100 cm³/mol. The van der Waals surface area contributed by atoms with Crippen LogP contribution in [0.5, 0.6) is 5.75 Å². The van der Waals surface area contributed by atoms with Crippen LogP contribution in [0.1, 0.15) is 11.3 Å². The summed E-state index contributed by atoms with van der Waals surface area (Å²) in [6.07, 6.45) is 0. The molecular weight excluding hydrogens is 348 g/mol. The highest BCUT2D eigenvalue weighted by Gasteiger charge is 2.13. The monoisotopic (exact) mass is 366 g/mol.